The number of thioether (sulfide) groups is 1. The molecule has 0 unspecified atom stereocenters. The fourth-order valence-corrected chi connectivity index (χ4v) is 3.61. The Labute approximate surface area is 181 Å². The maximum absolute atomic E-state index is 12.2. The summed E-state index contributed by atoms with van der Waals surface area (Å²) in [6.45, 7) is 2.70. The molecule has 152 valence electrons. The fraction of sp³-hybridized carbons (Fsp3) is 0.222. The van der Waals surface area contributed by atoms with E-state index in [-0.39, 0.29) is 29.9 Å². The second-order valence-corrected chi connectivity index (χ2v) is 7.47. The third-order valence-electron chi connectivity index (χ3n) is 3.82. The second-order valence-electron chi connectivity index (χ2n) is 5.74. The zero-order chi connectivity index (χ0) is 20.8. The molecule has 2 aromatic heterocycles. The summed E-state index contributed by atoms with van der Waals surface area (Å²) in [4.78, 5) is 24.2. The van der Waals surface area contributed by atoms with Gasteiger partial charge in [0.05, 0.1) is 34.3 Å². The number of nitrogens with one attached hydrogen (secondary N) is 2. The first-order valence-electron chi connectivity index (χ1n) is 8.60. The lowest BCUT2D eigenvalue weighted by Gasteiger charge is -2.09. The van der Waals surface area contributed by atoms with Gasteiger partial charge in [0.15, 0.2) is 16.7 Å². The monoisotopic (exact) mass is 453 g/mol. The van der Waals surface area contributed by atoms with Crippen LogP contribution in [0.2, 0.25) is 10.0 Å². The molecule has 0 aliphatic carbocycles. The van der Waals surface area contributed by atoms with Crippen molar-refractivity contribution < 1.29 is 14.0 Å². The number of rotatable bonds is 8. The maximum Gasteiger partial charge on any atom is 0.287 e. The van der Waals surface area contributed by atoms with Crippen LogP contribution < -0.4 is 10.6 Å². The number of halogens is 2. The number of hydrogen-bond donors (Lipinski definition) is 2. The summed E-state index contributed by atoms with van der Waals surface area (Å²) in [6, 6.07) is 8.23. The molecular weight excluding hydrogens is 437 g/mol. The zero-order valence-electron chi connectivity index (χ0n) is 15.3. The highest BCUT2D eigenvalue weighted by atomic mass is 35.5. The highest BCUT2D eigenvalue weighted by Gasteiger charge is 2.16. The molecule has 3 aromatic rings. The number of carbonyl (C=O) groups excluding carboxylic acids is 2. The lowest BCUT2D eigenvalue weighted by molar-refractivity contribution is -0.113. The predicted octanol–water partition coefficient (Wildman–Crippen LogP) is 3.86. The molecule has 2 heterocycles. The van der Waals surface area contributed by atoms with E-state index in [1.165, 1.54) is 18.0 Å². The van der Waals surface area contributed by atoms with Crippen LogP contribution in [0.25, 0.3) is 0 Å². The summed E-state index contributed by atoms with van der Waals surface area (Å²) in [5, 5.41) is 14.9. The van der Waals surface area contributed by atoms with Crippen LogP contribution in [0.4, 0.5) is 5.69 Å². The Hall–Kier alpha value is -2.49. The van der Waals surface area contributed by atoms with Gasteiger partial charge in [-0.05, 0) is 31.2 Å². The van der Waals surface area contributed by atoms with Crippen molar-refractivity contribution in [2.45, 2.75) is 25.2 Å². The largest absolute Gasteiger partial charge is 0.459 e. The van der Waals surface area contributed by atoms with E-state index in [1.54, 1.807) is 30.3 Å². The van der Waals surface area contributed by atoms with Crippen molar-refractivity contribution in [2.24, 2.45) is 0 Å². The van der Waals surface area contributed by atoms with E-state index >= 15 is 0 Å². The molecule has 2 N–H and O–H groups in total. The molecule has 0 atom stereocenters. The maximum atomic E-state index is 12.2. The third-order valence-corrected chi connectivity index (χ3v) is 5.61. The van der Waals surface area contributed by atoms with Crippen molar-refractivity contribution in [3.05, 3.63) is 58.2 Å². The van der Waals surface area contributed by atoms with Crippen LogP contribution in [0.1, 0.15) is 23.3 Å². The average molecular weight is 454 g/mol. The first-order valence-corrected chi connectivity index (χ1v) is 10.3. The van der Waals surface area contributed by atoms with Crippen molar-refractivity contribution >= 4 is 52.5 Å². The van der Waals surface area contributed by atoms with E-state index in [9.17, 15) is 9.59 Å². The number of anilines is 1. The summed E-state index contributed by atoms with van der Waals surface area (Å²) in [5.74, 6) is 0.316. The molecule has 0 aliphatic rings. The fourth-order valence-electron chi connectivity index (χ4n) is 2.45. The second kappa shape index (κ2) is 9.82. The summed E-state index contributed by atoms with van der Waals surface area (Å²) >= 11 is 13.3. The van der Waals surface area contributed by atoms with Gasteiger partial charge in [0.2, 0.25) is 5.91 Å². The van der Waals surface area contributed by atoms with E-state index in [2.05, 4.69) is 20.8 Å². The number of furan rings is 1. The topological polar surface area (TPSA) is 102 Å². The van der Waals surface area contributed by atoms with Gasteiger partial charge in [-0.1, -0.05) is 41.0 Å². The van der Waals surface area contributed by atoms with Gasteiger partial charge in [0.1, 0.15) is 0 Å². The molecule has 0 fully saturated rings. The van der Waals surface area contributed by atoms with Crippen LogP contribution in [0, 0.1) is 0 Å². The molecule has 3 rings (SSSR count). The van der Waals surface area contributed by atoms with Gasteiger partial charge in [0.25, 0.3) is 5.91 Å². The van der Waals surface area contributed by atoms with Crippen molar-refractivity contribution in [3.63, 3.8) is 0 Å². The Morgan fingerprint density at radius 2 is 2.03 bits per heavy atom. The highest BCUT2D eigenvalue weighted by Crippen LogP contribution is 2.29. The number of aromatic nitrogens is 3. The summed E-state index contributed by atoms with van der Waals surface area (Å²) < 4.78 is 6.88. The summed E-state index contributed by atoms with van der Waals surface area (Å²) in [7, 11) is 0. The van der Waals surface area contributed by atoms with Crippen molar-refractivity contribution in [1.82, 2.24) is 20.1 Å². The van der Waals surface area contributed by atoms with Crippen LogP contribution in [0.15, 0.2) is 46.2 Å². The minimum Gasteiger partial charge on any atom is -0.459 e. The predicted molar refractivity (Wildman–Crippen MR) is 111 cm³/mol. The number of nitrogens with zero attached hydrogens (tertiary/aromatic N) is 3. The van der Waals surface area contributed by atoms with E-state index in [4.69, 9.17) is 27.6 Å². The van der Waals surface area contributed by atoms with Gasteiger partial charge < -0.3 is 19.6 Å². The Morgan fingerprint density at radius 3 is 2.76 bits per heavy atom. The van der Waals surface area contributed by atoms with Crippen molar-refractivity contribution in [1.29, 1.82) is 0 Å². The van der Waals surface area contributed by atoms with Crippen LogP contribution in [0.5, 0.6) is 0 Å². The highest BCUT2D eigenvalue weighted by molar-refractivity contribution is 7.99. The lowest BCUT2D eigenvalue weighted by Crippen LogP contribution is -2.24. The smallest absolute Gasteiger partial charge is 0.287 e. The van der Waals surface area contributed by atoms with Gasteiger partial charge >= 0.3 is 0 Å². The lowest BCUT2D eigenvalue weighted by atomic mass is 10.3. The van der Waals surface area contributed by atoms with Crippen LogP contribution >= 0.6 is 35.0 Å². The Morgan fingerprint density at radius 1 is 1.21 bits per heavy atom. The van der Waals surface area contributed by atoms with E-state index < -0.39 is 0 Å². The molecule has 0 spiro atoms. The number of amides is 2. The quantitative estimate of drug-likeness (QED) is 0.502. The van der Waals surface area contributed by atoms with E-state index in [1.807, 2.05) is 11.5 Å². The summed E-state index contributed by atoms with van der Waals surface area (Å²) in [6.07, 6.45) is 1.43. The molecule has 0 saturated heterocycles. The van der Waals surface area contributed by atoms with Crippen LogP contribution in [0.3, 0.4) is 0 Å². The average Bonchev–Trinajstić information content (AvgIpc) is 3.37. The molecule has 0 bridgehead atoms. The van der Waals surface area contributed by atoms with Crippen LogP contribution in [-0.4, -0.2) is 32.3 Å². The van der Waals surface area contributed by atoms with Gasteiger partial charge in [-0.15, -0.1) is 10.2 Å². The molecule has 29 heavy (non-hydrogen) atoms. The Kier molecular flexibility index (Phi) is 7.18. The van der Waals surface area contributed by atoms with Crippen molar-refractivity contribution in [3.8, 4) is 0 Å². The summed E-state index contributed by atoms with van der Waals surface area (Å²) in [5.41, 5.74) is 0.447. The number of carbonyl (C=O) groups is 2. The third kappa shape index (κ3) is 5.31. The minimum atomic E-state index is -0.340. The first-order chi connectivity index (χ1) is 14.0. The first kappa shape index (κ1) is 21.2. The SMILES string of the molecule is CCn1c(CNC(=O)c2ccco2)nnc1SCC(=O)Nc1cccc(Cl)c1Cl. The van der Waals surface area contributed by atoms with Gasteiger partial charge in [-0.25, -0.2) is 0 Å². The van der Waals surface area contributed by atoms with Crippen molar-refractivity contribution in [2.75, 3.05) is 11.1 Å². The molecule has 0 saturated carbocycles. The number of hydrogen-bond acceptors (Lipinski definition) is 6. The standard InChI is InChI=1S/C18H17Cl2N5O3S/c1-2-25-14(9-21-17(27)13-7-4-8-28-13)23-24-18(25)29-10-15(26)22-12-6-3-5-11(19)16(12)20/h3-8H,2,9-10H2,1H3,(H,21,27)(H,22,26). The molecule has 0 aliphatic heterocycles. The molecule has 2 amide bonds. The van der Waals surface area contributed by atoms with Gasteiger partial charge in [-0.3, -0.25) is 9.59 Å². The Bertz CT molecular complexity index is 1010. The van der Waals surface area contributed by atoms with Gasteiger partial charge in [-0.2, -0.15) is 0 Å². The van der Waals surface area contributed by atoms with Crippen LogP contribution in [-0.2, 0) is 17.9 Å². The molecule has 1 aromatic carbocycles. The Balaban J connectivity index is 1.57. The minimum absolute atomic E-state index is 0.111. The molecule has 11 heteroatoms. The number of benzene rings is 1. The molecule has 8 nitrogen and oxygen atoms in total. The van der Waals surface area contributed by atoms with Gasteiger partial charge in [0, 0.05) is 6.54 Å². The molecular formula is C18H17Cl2N5O3S. The van der Waals surface area contributed by atoms with E-state index in [0.717, 1.165) is 0 Å². The normalized spacial score (nSPS) is 10.7. The zero-order valence-corrected chi connectivity index (χ0v) is 17.6. The van der Waals surface area contributed by atoms with E-state index in [0.29, 0.717) is 33.3 Å². The molecule has 0 radical (unpaired) electrons.